The summed E-state index contributed by atoms with van der Waals surface area (Å²) >= 11 is 0. The van der Waals surface area contributed by atoms with Gasteiger partial charge in [-0.2, -0.15) is 0 Å². The highest BCUT2D eigenvalue weighted by molar-refractivity contribution is 5.76. The van der Waals surface area contributed by atoms with E-state index >= 15 is 0 Å². The highest BCUT2D eigenvalue weighted by Crippen LogP contribution is 2.32. The summed E-state index contributed by atoms with van der Waals surface area (Å²) < 4.78 is 12.6. The lowest BCUT2D eigenvalue weighted by Gasteiger charge is -2.17. The zero-order valence-electron chi connectivity index (χ0n) is 13.5. The van der Waals surface area contributed by atoms with Crippen molar-refractivity contribution in [3.8, 4) is 11.5 Å². The fraction of sp³-hybridized carbons (Fsp3) is 0.333. The Hall–Kier alpha value is -2.76. The first-order valence-corrected chi connectivity index (χ1v) is 7.98. The fourth-order valence-electron chi connectivity index (χ4n) is 2.57. The Balaban J connectivity index is 1.67. The summed E-state index contributed by atoms with van der Waals surface area (Å²) in [6.45, 7) is 3.15. The van der Waals surface area contributed by atoms with Crippen LogP contribution in [0.5, 0.6) is 11.5 Å². The Morgan fingerprint density at radius 2 is 2.00 bits per heavy atom. The van der Waals surface area contributed by atoms with E-state index in [1.165, 1.54) is 10.6 Å². The molecular weight excluding hydrogens is 308 g/mol. The van der Waals surface area contributed by atoms with Gasteiger partial charge in [-0.05, 0) is 30.7 Å². The zero-order valence-corrected chi connectivity index (χ0v) is 13.5. The Morgan fingerprint density at radius 3 is 2.79 bits per heavy atom. The van der Waals surface area contributed by atoms with Crippen molar-refractivity contribution in [1.82, 2.24) is 9.88 Å². The van der Waals surface area contributed by atoms with E-state index in [0.29, 0.717) is 19.0 Å². The summed E-state index contributed by atoms with van der Waals surface area (Å²) in [6.07, 6.45) is 2.45. The molecule has 0 aliphatic carbocycles. The van der Waals surface area contributed by atoms with E-state index in [4.69, 9.17) is 9.47 Å². The van der Waals surface area contributed by atoms with Crippen LogP contribution in [0.3, 0.4) is 0 Å². The standard InChI is InChI=1S/C18H20N2O4/c1-13(19-17(21)12-20-8-3-2-5-18(20)22)14-6-7-15-16(11-14)24-10-4-9-23-15/h2-3,5-8,11,13H,4,9-10,12H2,1H3,(H,19,21)/t13-/m0/s1. The van der Waals surface area contributed by atoms with Crippen molar-refractivity contribution in [2.24, 2.45) is 0 Å². The molecule has 1 atom stereocenters. The van der Waals surface area contributed by atoms with Gasteiger partial charge in [0.15, 0.2) is 11.5 Å². The molecule has 1 N–H and O–H groups in total. The number of hydrogen-bond donors (Lipinski definition) is 1. The average molecular weight is 328 g/mol. The van der Waals surface area contributed by atoms with Crippen molar-refractivity contribution >= 4 is 5.91 Å². The van der Waals surface area contributed by atoms with Crippen molar-refractivity contribution in [3.63, 3.8) is 0 Å². The number of benzene rings is 1. The molecule has 6 heteroatoms. The van der Waals surface area contributed by atoms with Crippen molar-refractivity contribution < 1.29 is 14.3 Å². The molecule has 3 rings (SSSR count). The summed E-state index contributed by atoms with van der Waals surface area (Å²) in [4.78, 5) is 23.8. The number of carbonyl (C=O) groups is 1. The van der Waals surface area contributed by atoms with Gasteiger partial charge in [0.1, 0.15) is 6.54 Å². The van der Waals surface area contributed by atoms with Crippen molar-refractivity contribution in [3.05, 3.63) is 58.5 Å². The molecule has 2 aromatic rings. The minimum absolute atomic E-state index is 0.00539. The second-order valence-corrected chi connectivity index (χ2v) is 5.71. The smallest absolute Gasteiger partial charge is 0.250 e. The van der Waals surface area contributed by atoms with Gasteiger partial charge in [-0.1, -0.05) is 12.1 Å². The van der Waals surface area contributed by atoms with E-state index in [2.05, 4.69) is 5.32 Å². The van der Waals surface area contributed by atoms with E-state index in [1.807, 2.05) is 25.1 Å². The van der Waals surface area contributed by atoms with Crippen LogP contribution in [0.15, 0.2) is 47.4 Å². The number of hydrogen-bond acceptors (Lipinski definition) is 4. The number of nitrogens with one attached hydrogen (secondary N) is 1. The molecule has 0 unspecified atom stereocenters. The second-order valence-electron chi connectivity index (χ2n) is 5.71. The highest BCUT2D eigenvalue weighted by Gasteiger charge is 2.15. The van der Waals surface area contributed by atoms with Crippen molar-refractivity contribution in [1.29, 1.82) is 0 Å². The third-order valence-electron chi connectivity index (χ3n) is 3.86. The lowest BCUT2D eigenvalue weighted by molar-refractivity contribution is -0.122. The van der Waals surface area contributed by atoms with Crippen LogP contribution in [0.25, 0.3) is 0 Å². The number of fused-ring (bicyclic) bond motifs is 1. The topological polar surface area (TPSA) is 69.6 Å². The highest BCUT2D eigenvalue weighted by atomic mass is 16.5. The first-order valence-electron chi connectivity index (χ1n) is 7.98. The maximum atomic E-state index is 12.2. The number of amides is 1. The van der Waals surface area contributed by atoms with Crippen LogP contribution < -0.4 is 20.3 Å². The number of nitrogens with zero attached hydrogens (tertiary/aromatic N) is 1. The number of rotatable bonds is 4. The number of pyridine rings is 1. The minimum Gasteiger partial charge on any atom is -0.490 e. The third-order valence-corrected chi connectivity index (χ3v) is 3.86. The predicted molar refractivity (Wildman–Crippen MR) is 89.3 cm³/mol. The maximum Gasteiger partial charge on any atom is 0.250 e. The fourth-order valence-corrected chi connectivity index (χ4v) is 2.57. The van der Waals surface area contributed by atoms with E-state index in [9.17, 15) is 9.59 Å². The average Bonchev–Trinajstić information content (AvgIpc) is 2.81. The van der Waals surface area contributed by atoms with E-state index < -0.39 is 0 Å². The van der Waals surface area contributed by atoms with Gasteiger partial charge in [0.25, 0.3) is 5.56 Å². The molecule has 1 amide bonds. The Kier molecular flexibility index (Phi) is 4.84. The van der Waals surface area contributed by atoms with Crippen molar-refractivity contribution in [2.45, 2.75) is 25.9 Å². The van der Waals surface area contributed by atoms with Crippen LogP contribution in [0, 0.1) is 0 Å². The maximum absolute atomic E-state index is 12.2. The van der Waals surface area contributed by atoms with Gasteiger partial charge in [-0.15, -0.1) is 0 Å². The van der Waals surface area contributed by atoms with Crippen LogP contribution >= 0.6 is 0 Å². The molecule has 1 aromatic heterocycles. The lowest BCUT2D eigenvalue weighted by Crippen LogP contribution is -2.33. The minimum atomic E-state index is -0.220. The monoisotopic (exact) mass is 328 g/mol. The van der Waals surface area contributed by atoms with Gasteiger partial charge in [0.2, 0.25) is 5.91 Å². The molecule has 126 valence electrons. The molecule has 0 bridgehead atoms. The molecule has 1 aliphatic rings. The number of aromatic nitrogens is 1. The molecule has 0 fully saturated rings. The van der Waals surface area contributed by atoms with Crippen molar-refractivity contribution in [2.75, 3.05) is 13.2 Å². The van der Waals surface area contributed by atoms with Crippen LogP contribution in [-0.2, 0) is 11.3 Å². The van der Waals surface area contributed by atoms with Crippen LogP contribution in [0.2, 0.25) is 0 Å². The summed E-state index contributed by atoms with van der Waals surface area (Å²) in [5, 5.41) is 2.90. The van der Waals surface area contributed by atoms with Gasteiger partial charge in [0.05, 0.1) is 19.3 Å². The normalized spacial score (nSPS) is 14.5. The predicted octanol–water partition coefficient (Wildman–Crippen LogP) is 1.89. The Bertz CT molecular complexity index is 785. The Labute approximate surface area is 140 Å². The first kappa shape index (κ1) is 16.1. The number of carbonyl (C=O) groups excluding carboxylic acids is 1. The van der Waals surface area contributed by atoms with Gasteiger partial charge in [0, 0.05) is 18.7 Å². The van der Waals surface area contributed by atoms with Gasteiger partial charge in [-0.25, -0.2) is 0 Å². The van der Waals surface area contributed by atoms with Crippen LogP contribution in [-0.4, -0.2) is 23.7 Å². The summed E-state index contributed by atoms with van der Waals surface area (Å²) in [6, 6.07) is 10.3. The summed E-state index contributed by atoms with van der Waals surface area (Å²) in [7, 11) is 0. The summed E-state index contributed by atoms with van der Waals surface area (Å²) in [5.74, 6) is 1.21. The molecule has 0 saturated carbocycles. The van der Waals surface area contributed by atoms with E-state index in [1.54, 1.807) is 18.3 Å². The molecule has 6 nitrogen and oxygen atoms in total. The van der Waals surface area contributed by atoms with E-state index in [0.717, 1.165) is 17.7 Å². The Morgan fingerprint density at radius 1 is 1.21 bits per heavy atom. The quantitative estimate of drug-likeness (QED) is 0.930. The zero-order chi connectivity index (χ0) is 16.9. The molecule has 1 aliphatic heterocycles. The van der Waals surface area contributed by atoms with Gasteiger partial charge in [-0.3, -0.25) is 9.59 Å². The van der Waals surface area contributed by atoms with Crippen LogP contribution in [0.1, 0.15) is 24.9 Å². The molecule has 24 heavy (non-hydrogen) atoms. The molecular formula is C18H20N2O4. The van der Waals surface area contributed by atoms with Gasteiger partial charge >= 0.3 is 0 Å². The summed E-state index contributed by atoms with van der Waals surface area (Å²) in [5.41, 5.74) is 0.726. The molecule has 0 saturated heterocycles. The van der Waals surface area contributed by atoms with Crippen LogP contribution in [0.4, 0.5) is 0 Å². The SMILES string of the molecule is C[C@H](NC(=O)Cn1ccccc1=O)c1ccc2c(c1)OCCCO2. The lowest BCUT2D eigenvalue weighted by atomic mass is 10.1. The second kappa shape index (κ2) is 7.21. The molecule has 0 radical (unpaired) electrons. The third kappa shape index (κ3) is 3.76. The number of ether oxygens (including phenoxy) is 2. The molecule has 1 aromatic carbocycles. The molecule has 2 heterocycles. The largest absolute Gasteiger partial charge is 0.490 e. The molecule has 0 spiro atoms. The van der Waals surface area contributed by atoms with E-state index in [-0.39, 0.29) is 24.1 Å². The first-order chi connectivity index (χ1) is 11.6. The van der Waals surface area contributed by atoms with Gasteiger partial charge < -0.3 is 19.4 Å².